The van der Waals surface area contributed by atoms with Gasteiger partial charge in [-0.25, -0.2) is 0 Å². The second-order valence-electron chi connectivity index (χ2n) is 6.92. The molecule has 20 heavy (non-hydrogen) atoms. The molecular weight excluding hydrogens is 256 g/mol. The molecule has 4 nitrogen and oxygen atoms in total. The highest BCUT2D eigenvalue weighted by Crippen LogP contribution is 2.23. The average molecular weight is 288 g/mol. The molecule has 0 aromatic carbocycles. The maximum absolute atomic E-state index is 9.05. The standard InChI is InChI=1S/C16H32O4/c1-6-15(2,3)18-10-9-16(4,5)19-12-14-8-7-13(11-17)20-14/h13-14,17H,6-12H2,1-5H3. The van der Waals surface area contributed by atoms with Gasteiger partial charge in [-0.15, -0.1) is 0 Å². The zero-order valence-electron chi connectivity index (χ0n) is 13.8. The van der Waals surface area contributed by atoms with Gasteiger partial charge in [0.15, 0.2) is 0 Å². The molecular formula is C16H32O4. The van der Waals surface area contributed by atoms with Crippen LogP contribution >= 0.6 is 0 Å². The topological polar surface area (TPSA) is 47.9 Å². The third-order valence-corrected chi connectivity index (χ3v) is 4.11. The van der Waals surface area contributed by atoms with Crippen LogP contribution in [0.3, 0.4) is 0 Å². The minimum Gasteiger partial charge on any atom is -0.394 e. The predicted octanol–water partition coefficient (Wildman–Crippen LogP) is 2.92. The highest BCUT2D eigenvalue weighted by Gasteiger charge is 2.28. The number of rotatable bonds is 9. The Morgan fingerprint density at radius 1 is 1.05 bits per heavy atom. The van der Waals surface area contributed by atoms with E-state index >= 15 is 0 Å². The van der Waals surface area contributed by atoms with Gasteiger partial charge >= 0.3 is 0 Å². The van der Waals surface area contributed by atoms with Crippen molar-refractivity contribution in [3.8, 4) is 0 Å². The Labute approximate surface area is 123 Å². The van der Waals surface area contributed by atoms with E-state index in [1.165, 1.54) is 0 Å². The van der Waals surface area contributed by atoms with Crippen LogP contribution in [0.4, 0.5) is 0 Å². The zero-order chi connectivity index (χ0) is 15.2. The van der Waals surface area contributed by atoms with Crippen LogP contribution in [0.25, 0.3) is 0 Å². The lowest BCUT2D eigenvalue weighted by molar-refractivity contribution is -0.103. The van der Waals surface area contributed by atoms with Gasteiger partial charge in [0, 0.05) is 0 Å². The van der Waals surface area contributed by atoms with Crippen molar-refractivity contribution in [2.75, 3.05) is 19.8 Å². The van der Waals surface area contributed by atoms with Crippen LogP contribution < -0.4 is 0 Å². The molecule has 0 spiro atoms. The van der Waals surface area contributed by atoms with Crippen LogP contribution in [0, 0.1) is 0 Å². The Bertz CT molecular complexity index is 276. The summed E-state index contributed by atoms with van der Waals surface area (Å²) < 4.78 is 17.5. The summed E-state index contributed by atoms with van der Waals surface area (Å²) in [7, 11) is 0. The number of aliphatic hydroxyl groups is 1. The summed E-state index contributed by atoms with van der Waals surface area (Å²) in [6, 6.07) is 0. The lowest BCUT2D eigenvalue weighted by Gasteiger charge is -2.30. The molecule has 0 bridgehead atoms. The van der Waals surface area contributed by atoms with E-state index in [1.54, 1.807) is 0 Å². The van der Waals surface area contributed by atoms with Crippen molar-refractivity contribution in [2.45, 2.75) is 83.7 Å². The van der Waals surface area contributed by atoms with Crippen LogP contribution in [0.5, 0.6) is 0 Å². The van der Waals surface area contributed by atoms with E-state index in [0.29, 0.717) is 13.2 Å². The molecule has 1 N–H and O–H groups in total. The largest absolute Gasteiger partial charge is 0.394 e. The van der Waals surface area contributed by atoms with Gasteiger partial charge in [-0.3, -0.25) is 0 Å². The molecule has 1 aliphatic rings. The van der Waals surface area contributed by atoms with Crippen LogP contribution in [0.1, 0.15) is 60.3 Å². The summed E-state index contributed by atoms with van der Waals surface area (Å²) in [5, 5.41) is 9.05. The summed E-state index contributed by atoms with van der Waals surface area (Å²) in [5.74, 6) is 0. The van der Waals surface area contributed by atoms with Gasteiger partial charge in [-0.2, -0.15) is 0 Å². The van der Waals surface area contributed by atoms with Gasteiger partial charge in [-0.1, -0.05) is 6.92 Å². The van der Waals surface area contributed by atoms with Crippen molar-refractivity contribution in [1.29, 1.82) is 0 Å². The molecule has 0 aromatic heterocycles. The van der Waals surface area contributed by atoms with Crippen molar-refractivity contribution < 1.29 is 19.3 Å². The van der Waals surface area contributed by atoms with Crippen molar-refractivity contribution >= 4 is 0 Å². The van der Waals surface area contributed by atoms with E-state index in [-0.39, 0.29) is 30.0 Å². The third-order valence-electron chi connectivity index (χ3n) is 4.11. The van der Waals surface area contributed by atoms with E-state index in [9.17, 15) is 0 Å². The van der Waals surface area contributed by atoms with Crippen LogP contribution in [-0.4, -0.2) is 48.3 Å². The fourth-order valence-electron chi connectivity index (χ4n) is 2.10. The molecule has 0 saturated carbocycles. The Balaban J connectivity index is 2.21. The second kappa shape index (κ2) is 7.74. The number of aliphatic hydroxyl groups excluding tert-OH is 1. The molecule has 1 rings (SSSR count). The van der Waals surface area contributed by atoms with Crippen LogP contribution in [0.2, 0.25) is 0 Å². The normalized spacial score (nSPS) is 24.3. The summed E-state index contributed by atoms with van der Waals surface area (Å²) in [4.78, 5) is 0. The molecule has 0 radical (unpaired) electrons. The molecule has 1 saturated heterocycles. The van der Waals surface area contributed by atoms with Crippen molar-refractivity contribution in [2.24, 2.45) is 0 Å². The SMILES string of the molecule is CCC(C)(C)OCCC(C)(C)OCC1CCC(CO)O1. The molecule has 120 valence electrons. The quantitative estimate of drug-likeness (QED) is 0.708. The Kier molecular flexibility index (Phi) is 6.92. The van der Waals surface area contributed by atoms with E-state index in [4.69, 9.17) is 19.3 Å². The first-order valence-corrected chi connectivity index (χ1v) is 7.82. The monoisotopic (exact) mass is 288 g/mol. The molecule has 2 unspecified atom stereocenters. The predicted molar refractivity (Wildman–Crippen MR) is 80.0 cm³/mol. The Morgan fingerprint density at radius 3 is 2.25 bits per heavy atom. The fourth-order valence-corrected chi connectivity index (χ4v) is 2.10. The highest BCUT2D eigenvalue weighted by molar-refractivity contribution is 4.76. The minimum atomic E-state index is -0.204. The molecule has 0 aromatic rings. The number of hydrogen-bond acceptors (Lipinski definition) is 4. The van der Waals surface area contributed by atoms with Crippen LogP contribution in [0.15, 0.2) is 0 Å². The molecule has 1 heterocycles. The first-order valence-electron chi connectivity index (χ1n) is 7.82. The summed E-state index contributed by atoms with van der Waals surface area (Å²) in [6.45, 7) is 12.0. The summed E-state index contributed by atoms with van der Waals surface area (Å²) in [6.07, 6.45) is 3.90. The maximum atomic E-state index is 9.05. The van der Waals surface area contributed by atoms with Gasteiger partial charge < -0.3 is 19.3 Å². The van der Waals surface area contributed by atoms with E-state index < -0.39 is 0 Å². The lowest BCUT2D eigenvalue weighted by Crippen LogP contribution is -2.33. The first kappa shape index (κ1) is 17.9. The number of ether oxygens (including phenoxy) is 3. The van der Waals surface area contributed by atoms with E-state index in [2.05, 4.69) is 34.6 Å². The number of hydrogen-bond donors (Lipinski definition) is 1. The van der Waals surface area contributed by atoms with E-state index in [1.807, 2.05) is 0 Å². The molecule has 2 atom stereocenters. The molecule has 1 aliphatic heterocycles. The van der Waals surface area contributed by atoms with Gasteiger partial charge in [0.25, 0.3) is 0 Å². The second-order valence-corrected chi connectivity index (χ2v) is 6.92. The van der Waals surface area contributed by atoms with Gasteiger partial charge in [0.05, 0.1) is 43.2 Å². The van der Waals surface area contributed by atoms with Crippen molar-refractivity contribution in [3.63, 3.8) is 0 Å². The van der Waals surface area contributed by atoms with Gasteiger partial charge in [0.2, 0.25) is 0 Å². The van der Waals surface area contributed by atoms with E-state index in [0.717, 1.165) is 25.7 Å². The molecule has 0 aliphatic carbocycles. The first-order chi connectivity index (χ1) is 9.28. The van der Waals surface area contributed by atoms with Crippen molar-refractivity contribution in [3.05, 3.63) is 0 Å². The third kappa shape index (κ3) is 6.53. The smallest absolute Gasteiger partial charge is 0.0814 e. The Hall–Kier alpha value is -0.160. The maximum Gasteiger partial charge on any atom is 0.0814 e. The molecule has 4 heteroatoms. The Morgan fingerprint density at radius 2 is 1.70 bits per heavy atom. The highest BCUT2D eigenvalue weighted by atomic mass is 16.6. The zero-order valence-corrected chi connectivity index (χ0v) is 13.8. The summed E-state index contributed by atoms with van der Waals surface area (Å²) >= 11 is 0. The molecule has 0 amide bonds. The minimum absolute atomic E-state index is 0.000369. The van der Waals surface area contributed by atoms with Crippen LogP contribution in [-0.2, 0) is 14.2 Å². The molecule has 1 fully saturated rings. The van der Waals surface area contributed by atoms with Crippen molar-refractivity contribution in [1.82, 2.24) is 0 Å². The lowest BCUT2D eigenvalue weighted by atomic mass is 10.0. The van der Waals surface area contributed by atoms with Gasteiger partial charge in [-0.05, 0) is 53.4 Å². The fraction of sp³-hybridized carbons (Fsp3) is 1.00. The average Bonchev–Trinajstić information content (AvgIpc) is 2.84. The van der Waals surface area contributed by atoms with Gasteiger partial charge in [0.1, 0.15) is 0 Å². The summed E-state index contributed by atoms with van der Waals surface area (Å²) in [5.41, 5.74) is -0.260.